The number of aliphatic imine (C=N–C) groups is 1. The van der Waals surface area contributed by atoms with Crippen molar-refractivity contribution in [1.29, 1.82) is 0 Å². The zero-order valence-corrected chi connectivity index (χ0v) is 16.0. The van der Waals surface area contributed by atoms with E-state index in [4.69, 9.17) is 5.73 Å². The van der Waals surface area contributed by atoms with E-state index in [0.717, 1.165) is 24.1 Å². The summed E-state index contributed by atoms with van der Waals surface area (Å²) < 4.78 is 37.4. The van der Waals surface area contributed by atoms with Crippen LogP contribution in [-0.2, 0) is 19.0 Å². The van der Waals surface area contributed by atoms with Crippen LogP contribution < -0.4 is 11.1 Å². The molecular weight excluding hydrogens is 450 g/mol. The Morgan fingerprint density at radius 3 is 2.42 bits per heavy atom. The van der Waals surface area contributed by atoms with Crippen molar-refractivity contribution < 1.29 is 13.2 Å². The highest BCUT2D eigenvalue weighted by Crippen LogP contribution is 2.29. The van der Waals surface area contributed by atoms with Crippen LogP contribution in [0.4, 0.5) is 13.2 Å². The quantitative estimate of drug-likeness (QED) is 0.381. The second-order valence-corrected chi connectivity index (χ2v) is 6.00. The van der Waals surface area contributed by atoms with Crippen LogP contribution in [0.25, 0.3) is 0 Å². The number of hydrogen-bond donors (Lipinski definition) is 2. The Morgan fingerprint density at radius 2 is 1.83 bits per heavy atom. The minimum Gasteiger partial charge on any atom is -0.370 e. The Morgan fingerprint density at radius 1 is 1.12 bits per heavy atom. The standard InChI is InChI=1S/C16H18F3N3S.HI/c17-16(18,19)13-5-3-12(4-6-13)7-9-21-15(20)22-10-8-14-2-1-11-23-14;/h1-6,11H,7-10H2,(H3,20,21,22);1H. The molecule has 132 valence electrons. The number of alkyl halides is 3. The molecule has 0 amide bonds. The van der Waals surface area contributed by atoms with Crippen LogP contribution >= 0.6 is 35.3 Å². The zero-order valence-electron chi connectivity index (χ0n) is 12.8. The van der Waals surface area contributed by atoms with Gasteiger partial charge in [0.15, 0.2) is 5.96 Å². The summed E-state index contributed by atoms with van der Waals surface area (Å²) in [4.78, 5) is 5.47. The minimum atomic E-state index is -4.30. The average molecular weight is 469 g/mol. The Hall–Kier alpha value is -1.29. The van der Waals surface area contributed by atoms with Gasteiger partial charge in [0.05, 0.1) is 5.56 Å². The highest BCUT2D eigenvalue weighted by molar-refractivity contribution is 14.0. The third-order valence-corrected chi connectivity index (χ3v) is 4.16. The Labute approximate surface area is 160 Å². The molecule has 0 aliphatic heterocycles. The van der Waals surface area contributed by atoms with Gasteiger partial charge in [-0.2, -0.15) is 13.2 Å². The third-order valence-electron chi connectivity index (χ3n) is 3.22. The molecule has 1 aromatic heterocycles. The number of hydrogen-bond acceptors (Lipinski definition) is 2. The molecule has 3 nitrogen and oxygen atoms in total. The number of nitrogens with two attached hydrogens (primary N) is 1. The third kappa shape index (κ3) is 7.08. The van der Waals surface area contributed by atoms with E-state index in [1.807, 2.05) is 11.4 Å². The Kier molecular flexibility index (Phi) is 8.54. The van der Waals surface area contributed by atoms with Crippen molar-refractivity contribution in [2.75, 3.05) is 13.1 Å². The Bertz CT molecular complexity index is 625. The van der Waals surface area contributed by atoms with Crippen LogP contribution in [-0.4, -0.2) is 19.0 Å². The van der Waals surface area contributed by atoms with Crippen molar-refractivity contribution in [3.05, 3.63) is 57.8 Å². The molecule has 0 atom stereocenters. The number of nitrogens with zero attached hydrogens (tertiary/aromatic N) is 1. The molecule has 0 saturated carbocycles. The SMILES string of the molecule is I.NC(=NCCc1cccs1)NCCc1ccc(C(F)(F)F)cc1. The normalized spacial score (nSPS) is 11.9. The highest BCUT2D eigenvalue weighted by atomic mass is 127. The molecule has 8 heteroatoms. The van der Waals surface area contributed by atoms with E-state index in [-0.39, 0.29) is 24.0 Å². The second-order valence-electron chi connectivity index (χ2n) is 4.97. The molecule has 0 bridgehead atoms. The van der Waals surface area contributed by atoms with Crippen LogP contribution in [0, 0.1) is 0 Å². The fraction of sp³-hybridized carbons (Fsp3) is 0.312. The maximum absolute atomic E-state index is 12.5. The summed E-state index contributed by atoms with van der Waals surface area (Å²) in [6.45, 7) is 1.14. The van der Waals surface area contributed by atoms with E-state index in [9.17, 15) is 13.2 Å². The van der Waals surface area contributed by atoms with Gasteiger partial charge < -0.3 is 11.1 Å². The van der Waals surface area contributed by atoms with Gasteiger partial charge in [-0.3, -0.25) is 4.99 Å². The Balaban J connectivity index is 0.00000288. The van der Waals surface area contributed by atoms with Gasteiger partial charge in [0.1, 0.15) is 0 Å². The first-order valence-corrected chi connectivity index (χ1v) is 8.05. The summed E-state index contributed by atoms with van der Waals surface area (Å²) in [6, 6.07) is 9.19. The van der Waals surface area contributed by atoms with Gasteiger partial charge in [0.2, 0.25) is 0 Å². The topological polar surface area (TPSA) is 50.4 Å². The van der Waals surface area contributed by atoms with Crippen LogP contribution in [0.5, 0.6) is 0 Å². The van der Waals surface area contributed by atoms with Gasteiger partial charge in [-0.15, -0.1) is 35.3 Å². The van der Waals surface area contributed by atoms with Crippen molar-refractivity contribution in [1.82, 2.24) is 5.32 Å². The van der Waals surface area contributed by atoms with E-state index >= 15 is 0 Å². The molecule has 0 fully saturated rings. The first kappa shape index (κ1) is 20.8. The van der Waals surface area contributed by atoms with Crippen LogP contribution in [0.15, 0.2) is 46.8 Å². The van der Waals surface area contributed by atoms with Gasteiger partial charge in [0.25, 0.3) is 0 Å². The lowest BCUT2D eigenvalue weighted by atomic mass is 10.1. The number of thiophene rings is 1. The van der Waals surface area contributed by atoms with E-state index in [0.29, 0.717) is 25.5 Å². The fourth-order valence-electron chi connectivity index (χ4n) is 1.99. The summed E-state index contributed by atoms with van der Waals surface area (Å²) in [5.41, 5.74) is 5.93. The lowest BCUT2D eigenvalue weighted by Gasteiger charge is -2.08. The van der Waals surface area contributed by atoms with E-state index in [1.54, 1.807) is 11.3 Å². The number of rotatable bonds is 6. The first-order chi connectivity index (χ1) is 10.9. The van der Waals surface area contributed by atoms with E-state index in [1.165, 1.54) is 17.0 Å². The van der Waals surface area contributed by atoms with Crippen molar-refractivity contribution in [2.45, 2.75) is 19.0 Å². The molecule has 2 rings (SSSR count). The molecule has 0 unspecified atom stereocenters. The molecule has 0 aliphatic carbocycles. The minimum absolute atomic E-state index is 0. The predicted octanol–water partition coefficient (Wildman–Crippen LogP) is 4.07. The number of halogens is 4. The van der Waals surface area contributed by atoms with E-state index < -0.39 is 11.7 Å². The monoisotopic (exact) mass is 469 g/mol. The number of guanidine groups is 1. The molecule has 0 aliphatic rings. The summed E-state index contributed by atoms with van der Waals surface area (Å²) in [5.74, 6) is 0.355. The van der Waals surface area contributed by atoms with E-state index in [2.05, 4.69) is 16.4 Å². The molecular formula is C16H19F3IN3S. The number of nitrogens with one attached hydrogen (secondary N) is 1. The van der Waals surface area contributed by atoms with Crippen LogP contribution in [0.1, 0.15) is 16.0 Å². The predicted molar refractivity (Wildman–Crippen MR) is 103 cm³/mol. The van der Waals surface area contributed by atoms with Crippen molar-refractivity contribution in [3.63, 3.8) is 0 Å². The summed E-state index contributed by atoms with van der Waals surface area (Å²) >= 11 is 1.68. The average Bonchev–Trinajstić information content (AvgIpc) is 3.00. The fourth-order valence-corrected chi connectivity index (χ4v) is 2.69. The van der Waals surface area contributed by atoms with Gasteiger partial charge in [-0.1, -0.05) is 18.2 Å². The molecule has 3 N–H and O–H groups in total. The maximum atomic E-state index is 12.5. The molecule has 1 aromatic carbocycles. The second kappa shape index (κ2) is 9.87. The largest absolute Gasteiger partial charge is 0.416 e. The maximum Gasteiger partial charge on any atom is 0.416 e. The molecule has 2 aromatic rings. The molecule has 0 radical (unpaired) electrons. The van der Waals surface area contributed by atoms with Gasteiger partial charge in [-0.05, 0) is 35.6 Å². The summed E-state index contributed by atoms with van der Waals surface area (Å²) in [5, 5.41) is 4.98. The summed E-state index contributed by atoms with van der Waals surface area (Å²) in [7, 11) is 0. The number of benzene rings is 1. The highest BCUT2D eigenvalue weighted by Gasteiger charge is 2.29. The first-order valence-electron chi connectivity index (χ1n) is 7.17. The molecule has 0 saturated heterocycles. The summed E-state index contributed by atoms with van der Waals surface area (Å²) in [6.07, 6.45) is -2.87. The van der Waals surface area contributed by atoms with Crippen molar-refractivity contribution in [3.8, 4) is 0 Å². The lowest BCUT2D eigenvalue weighted by Crippen LogP contribution is -2.33. The smallest absolute Gasteiger partial charge is 0.370 e. The van der Waals surface area contributed by atoms with Gasteiger partial charge >= 0.3 is 6.18 Å². The zero-order chi connectivity index (χ0) is 16.7. The molecule has 0 spiro atoms. The van der Waals surface area contributed by atoms with Crippen LogP contribution in [0.2, 0.25) is 0 Å². The van der Waals surface area contributed by atoms with Crippen molar-refractivity contribution in [2.24, 2.45) is 10.7 Å². The molecule has 24 heavy (non-hydrogen) atoms. The van der Waals surface area contributed by atoms with Crippen molar-refractivity contribution >= 4 is 41.3 Å². The lowest BCUT2D eigenvalue weighted by molar-refractivity contribution is -0.137. The molecule has 1 heterocycles. The van der Waals surface area contributed by atoms with Gasteiger partial charge in [-0.25, -0.2) is 0 Å². The van der Waals surface area contributed by atoms with Crippen LogP contribution in [0.3, 0.4) is 0 Å². The van der Waals surface area contributed by atoms with Gasteiger partial charge in [0, 0.05) is 24.4 Å².